The summed E-state index contributed by atoms with van der Waals surface area (Å²) in [6.07, 6.45) is 5.40. The first-order chi connectivity index (χ1) is 7.74. The molecule has 0 atom stereocenters. The Bertz CT molecular complexity index is 354. The van der Waals surface area contributed by atoms with Gasteiger partial charge < -0.3 is 10.6 Å². The van der Waals surface area contributed by atoms with Gasteiger partial charge in [-0.25, -0.2) is 0 Å². The molecule has 1 saturated carbocycles. The third-order valence-corrected chi connectivity index (χ3v) is 3.77. The Morgan fingerprint density at radius 3 is 2.62 bits per heavy atom. The number of anilines is 1. The van der Waals surface area contributed by atoms with Gasteiger partial charge in [0, 0.05) is 25.3 Å². The summed E-state index contributed by atoms with van der Waals surface area (Å²) >= 11 is 0. The van der Waals surface area contributed by atoms with Gasteiger partial charge in [-0.15, -0.1) is 0 Å². The summed E-state index contributed by atoms with van der Waals surface area (Å²) in [6, 6.07) is 7.14. The molecule has 0 aromatic heterocycles. The molecular weight excluding hydrogens is 196 g/mol. The highest BCUT2D eigenvalue weighted by Crippen LogP contribution is 2.31. The average molecular weight is 218 g/mol. The van der Waals surface area contributed by atoms with Gasteiger partial charge in [0.2, 0.25) is 0 Å². The monoisotopic (exact) mass is 218 g/mol. The van der Waals surface area contributed by atoms with Gasteiger partial charge in [-0.2, -0.15) is 0 Å². The van der Waals surface area contributed by atoms with Crippen molar-refractivity contribution < 1.29 is 0 Å². The van der Waals surface area contributed by atoms with E-state index in [0.717, 1.165) is 0 Å². The van der Waals surface area contributed by atoms with E-state index in [1.807, 2.05) is 0 Å². The summed E-state index contributed by atoms with van der Waals surface area (Å²) < 4.78 is 0. The number of para-hydroxylation sites is 1. The molecule has 1 aromatic rings. The van der Waals surface area contributed by atoms with E-state index in [0.29, 0.717) is 12.6 Å². The number of rotatable bonds is 3. The molecule has 88 valence electrons. The first-order valence-corrected chi connectivity index (χ1v) is 6.25. The summed E-state index contributed by atoms with van der Waals surface area (Å²) in [5.41, 5.74) is 9.80. The second-order valence-corrected chi connectivity index (χ2v) is 4.84. The first-order valence-electron chi connectivity index (χ1n) is 6.25. The molecule has 1 fully saturated rings. The molecule has 1 aliphatic carbocycles. The number of hydrogen-bond acceptors (Lipinski definition) is 2. The van der Waals surface area contributed by atoms with Gasteiger partial charge in [-0.1, -0.05) is 31.0 Å². The van der Waals surface area contributed by atoms with Crippen LogP contribution in [0.3, 0.4) is 0 Å². The maximum Gasteiger partial charge on any atom is 0.0441 e. The lowest BCUT2D eigenvalue weighted by Crippen LogP contribution is -2.30. The van der Waals surface area contributed by atoms with Crippen LogP contribution in [0.2, 0.25) is 0 Å². The van der Waals surface area contributed by atoms with E-state index < -0.39 is 0 Å². The Hall–Kier alpha value is -1.02. The third kappa shape index (κ3) is 2.07. The molecule has 0 saturated heterocycles. The molecule has 2 heteroatoms. The molecule has 1 aliphatic rings. The third-order valence-electron chi connectivity index (χ3n) is 3.77. The van der Waals surface area contributed by atoms with Crippen LogP contribution in [-0.4, -0.2) is 13.1 Å². The highest BCUT2D eigenvalue weighted by molar-refractivity contribution is 5.59. The van der Waals surface area contributed by atoms with E-state index in [9.17, 15) is 0 Å². The number of benzene rings is 1. The van der Waals surface area contributed by atoms with Crippen LogP contribution in [0.25, 0.3) is 0 Å². The van der Waals surface area contributed by atoms with Gasteiger partial charge >= 0.3 is 0 Å². The van der Waals surface area contributed by atoms with Crippen molar-refractivity contribution in [2.24, 2.45) is 5.73 Å². The van der Waals surface area contributed by atoms with Gasteiger partial charge in [0.25, 0.3) is 0 Å². The second-order valence-electron chi connectivity index (χ2n) is 4.84. The zero-order valence-electron chi connectivity index (χ0n) is 10.4. The lowest BCUT2D eigenvalue weighted by atomic mass is 10.0. The fourth-order valence-electron chi connectivity index (χ4n) is 2.86. The molecule has 2 nitrogen and oxygen atoms in total. The molecule has 16 heavy (non-hydrogen) atoms. The van der Waals surface area contributed by atoms with Crippen molar-refractivity contribution >= 4 is 5.69 Å². The summed E-state index contributed by atoms with van der Waals surface area (Å²) in [5, 5.41) is 0. The van der Waals surface area contributed by atoms with Crippen LogP contribution < -0.4 is 10.6 Å². The quantitative estimate of drug-likeness (QED) is 0.845. The second kappa shape index (κ2) is 4.88. The summed E-state index contributed by atoms with van der Waals surface area (Å²) in [5.74, 6) is 0. The minimum atomic E-state index is 0.633. The molecule has 0 heterocycles. The SMILES string of the molecule is Cc1cccc(CN)c1N(C)C1CCCC1. The van der Waals surface area contributed by atoms with Crippen LogP contribution in [0.5, 0.6) is 0 Å². The standard InChI is InChI=1S/C14H22N2/c1-11-6-5-7-12(10-15)14(11)16(2)13-8-3-4-9-13/h5-7,13H,3-4,8-10,15H2,1-2H3. The molecule has 0 bridgehead atoms. The Balaban J connectivity index is 2.30. The van der Waals surface area contributed by atoms with Gasteiger partial charge in [0.15, 0.2) is 0 Å². The maximum absolute atomic E-state index is 5.83. The molecule has 0 aliphatic heterocycles. The predicted molar refractivity (Wildman–Crippen MR) is 69.7 cm³/mol. The van der Waals surface area contributed by atoms with Gasteiger partial charge in [-0.05, 0) is 30.9 Å². The highest BCUT2D eigenvalue weighted by Gasteiger charge is 2.22. The zero-order chi connectivity index (χ0) is 11.5. The lowest BCUT2D eigenvalue weighted by molar-refractivity contribution is 0.649. The number of nitrogens with zero attached hydrogens (tertiary/aromatic N) is 1. The van der Waals surface area contributed by atoms with Gasteiger partial charge in [-0.3, -0.25) is 0 Å². The van der Waals surface area contributed by atoms with Crippen LogP contribution in [-0.2, 0) is 6.54 Å². The Morgan fingerprint density at radius 2 is 2.00 bits per heavy atom. The molecular formula is C14H22N2. The largest absolute Gasteiger partial charge is 0.371 e. The topological polar surface area (TPSA) is 29.3 Å². The van der Waals surface area contributed by atoms with E-state index >= 15 is 0 Å². The van der Waals surface area contributed by atoms with Crippen molar-refractivity contribution in [3.8, 4) is 0 Å². The highest BCUT2D eigenvalue weighted by atomic mass is 15.1. The van der Waals surface area contributed by atoms with Crippen molar-refractivity contribution in [3.63, 3.8) is 0 Å². The lowest BCUT2D eigenvalue weighted by Gasteiger charge is -2.30. The van der Waals surface area contributed by atoms with E-state index in [1.54, 1.807) is 0 Å². The summed E-state index contributed by atoms with van der Waals surface area (Å²) in [6.45, 7) is 2.81. The molecule has 1 aromatic carbocycles. The Morgan fingerprint density at radius 1 is 1.31 bits per heavy atom. The molecule has 0 unspecified atom stereocenters. The van der Waals surface area contributed by atoms with E-state index in [4.69, 9.17) is 5.73 Å². The average Bonchev–Trinajstić information content (AvgIpc) is 2.81. The van der Waals surface area contributed by atoms with Crippen LogP contribution in [0, 0.1) is 6.92 Å². The number of hydrogen-bond donors (Lipinski definition) is 1. The fourth-order valence-corrected chi connectivity index (χ4v) is 2.86. The first kappa shape index (κ1) is 11.5. The van der Waals surface area contributed by atoms with Crippen LogP contribution >= 0.6 is 0 Å². The van der Waals surface area contributed by atoms with Crippen molar-refractivity contribution in [2.75, 3.05) is 11.9 Å². The summed E-state index contributed by atoms with van der Waals surface area (Å²) in [7, 11) is 2.22. The minimum Gasteiger partial charge on any atom is -0.371 e. The normalized spacial score (nSPS) is 16.7. The van der Waals surface area contributed by atoms with Crippen LogP contribution in [0.1, 0.15) is 36.8 Å². The van der Waals surface area contributed by atoms with Crippen molar-refractivity contribution in [2.45, 2.75) is 45.2 Å². The Labute approximate surface area is 98.4 Å². The number of aryl methyl sites for hydroxylation is 1. The van der Waals surface area contributed by atoms with Gasteiger partial charge in [0.05, 0.1) is 0 Å². The van der Waals surface area contributed by atoms with E-state index in [1.165, 1.54) is 42.5 Å². The van der Waals surface area contributed by atoms with Crippen molar-refractivity contribution in [1.82, 2.24) is 0 Å². The molecule has 2 N–H and O–H groups in total. The number of nitrogens with two attached hydrogens (primary N) is 1. The molecule has 0 radical (unpaired) electrons. The smallest absolute Gasteiger partial charge is 0.0441 e. The Kier molecular flexibility index (Phi) is 3.49. The zero-order valence-corrected chi connectivity index (χ0v) is 10.4. The van der Waals surface area contributed by atoms with Crippen LogP contribution in [0.4, 0.5) is 5.69 Å². The van der Waals surface area contributed by atoms with Crippen molar-refractivity contribution in [1.29, 1.82) is 0 Å². The van der Waals surface area contributed by atoms with E-state index in [2.05, 4.69) is 37.1 Å². The maximum atomic E-state index is 5.83. The predicted octanol–water partition coefficient (Wildman–Crippen LogP) is 2.83. The van der Waals surface area contributed by atoms with Crippen molar-refractivity contribution in [3.05, 3.63) is 29.3 Å². The molecule has 0 spiro atoms. The summed E-state index contributed by atoms with van der Waals surface area (Å²) in [4.78, 5) is 2.45. The molecule has 2 rings (SSSR count). The van der Waals surface area contributed by atoms with E-state index in [-0.39, 0.29) is 0 Å². The fraction of sp³-hybridized carbons (Fsp3) is 0.571. The minimum absolute atomic E-state index is 0.633. The molecule has 0 amide bonds. The van der Waals surface area contributed by atoms with Gasteiger partial charge in [0.1, 0.15) is 0 Å². The van der Waals surface area contributed by atoms with Crippen LogP contribution in [0.15, 0.2) is 18.2 Å².